The van der Waals surface area contributed by atoms with Crippen LogP contribution in [0.25, 0.3) is 0 Å². The first kappa shape index (κ1) is 17.8. The predicted molar refractivity (Wildman–Crippen MR) is 118 cm³/mol. The van der Waals surface area contributed by atoms with Crippen LogP contribution < -0.4 is 15.4 Å². The van der Waals surface area contributed by atoms with Crippen LogP contribution in [0.1, 0.15) is 45.9 Å². The minimum absolute atomic E-state index is 0.0294. The molecule has 25 heavy (non-hydrogen) atoms. The molecular weight excluding hydrogens is 562 g/mol. The quantitative estimate of drug-likeness (QED) is 0.495. The molecule has 2 atom stereocenters. The fourth-order valence-corrected chi connectivity index (χ4v) is 7.17. The number of methoxy groups -OCH3 is 1. The lowest BCUT2D eigenvalue weighted by molar-refractivity contribution is 0.0934. The van der Waals surface area contributed by atoms with E-state index in [1.54, 1.807) is 18.4 Å². The van der Waals surface area contributed by atoms with Gasteiger partial charge in [-0.25, -0.2) is 0 Å². The number of amides is 1. The molecule has 7 heteroatoms. The molecule has 1 aromatic heterocycles. The predicted octanol–water partition coefficient (Wildman–Crippen LogP) is 4.94. The monoisotopic (exact) mass is 580 g/mol. The largest absolute Gasteiger partial charge is 0.495 e. The van der Waals surface area contributed by atoms with Crippen LogP contribution in [0.2, 0.25) is 0 Å². The maximum atomic E-state index is 12.9. The van der Waals surface area contributed by atoms with Gasteiger partial charge in [0.2, 0.25) is 0 Å². The molecule has 2 heterocycles. The van der Waals surface area contributed by atoms with Gasteiger partial charge in [0.15, 0.2) is 0 Å². The number of anilines is 1. The topological polar surface area (TPSA) is 50.4 Å². The second-order valence-electron chi connectivity index (χ2n) is 6.62. The van der Waals surface area contributed by atoms with Crippen LogP contribution in [0.15, 0.2) is 12.1 Å². The molecule has 2 N–H and O–H groups in total. The molecule has 0 fully saturated rings. The molecule has 2 aromatic rings. The van der Waals surface area contributed by atoms with Crippen molar-refractivity contribution in [3.05, 3.63) is 40.8 Å². The summed E-state index contributed by atoms with van der Waals surface area (Å²) in [5.41, 5.74) is 3.09. The Kier molecular flexibility index (Phi) is 4.91. The molecule has 0 radical (unpaired) electrons. The van der Waals surface area contributed by atoms with Gasteiger partial charge in [-0.1, -0.05) is 6.92 Å². The van der Waals surface area contributed by atoms with Crippen molar-refractivity contribution in [2.24, 2.45) is 5.92 Å². The van der Waals surface area contributed by atoms with Crippen molar-refractivity contribution in [1.29, 1.82) is 0 Å². The van der Waals surface area contributed by atoms with Crippen LogP contribution in [0.3, 0.4) is 0 Å². The maximum absolute atomic E-state index is 12.9. The van der Waals surface area contributed by atoms with E-state index in [0.717, 1.165) is 48.3 Å². The minimum atomic E-state index is -0.268. The van der Waals surface area contributed by atoms with Crippen molar-refractivity contribution >= 4 is 67.4 Å². The van der Waals surface area contributed by atoms with Gasteiger partial charge in [0.05, 0.1) is 16.2 Å². The number of halogens is 2. The zero-order valence-corrected chi connectivity index (χ0v) is 19.0. The van der Waals surface area contributed by atoms with Crippen LogP contribution in [-0.2, 0) is 12.8 Å². The fraction of sp³-hybridized carbons (Fsp3) is 0.389. The Labute approximate surface area is 178 Å². The molecule has 4 rings (SSSR count). The number of carbonyl (C=O) groups is 1. The lowest BCUT2D eigenvalue weighted by Gasteiger charge is -2.28. The Morgan fingerprint density at radius 3 is 2.84 bits per heavy atom. The van der Waals surface area contributed by atoms with E-state index in [2.05, 4.69) is 74.9 Å². The van der Waals surface area contributed by atoms with Gasteiger partial charge in [-0.15, -0.1) is 11.3 Å². The smallest absolute Gasteiger partial charge is 0.256 e. The molecule has 4 nitrogen and oxygen atoms in total. The molecule has 1 aliphatic heterocycles. The third-order valence-electron chi connectivity index (χ3n) is 4.84. The van der Waals surface area contributed by atoms with Gasteiger partial charge >= 0.3 is 0 Å². The van der Waals surface area contributed by atoms with E-state index in [0.29, 0.717) is 5.92 Å². The summed E-state index contributed by atoms with van der Waals surface area (Å²) in [7, 11) is 1.68. The molecule has 0 saturated heterocycles. The lowest BCUT2D eigenvalue weighted by Crippen LogP contribution is -2.38. The summed E-state index contributed by atoms with van der Waals surface area (Å²) in [5, 5.41) is 7.68. The number of nitrogens with one attached hydrogen (secondary N) is 2. The zero-order chi connectivity index (χ0) is 17.7. The zero-order valence-electron chi connectivity index (χ0n) is 13.9. The van der Waals surface area contributed by atoms with Crippen molar-refractivity contribution in [1.82, 2.24) is 5.32 Å². The van der Waals surface area contributed by atoms with Gasteiger partial charge in [0, 0.05) is 14.0 Å². The Balaban J connectivity index is 1.75. The lowest BCUT2D eigenvalue weighted by atomic mass is 9.88. The van der Waals surface area contributed by atoms with Gasteiger partial charge in [0.25, 0.3) is 5.91 Å². The fourth-order valence-electron chi connectivity index (χ4n) is 3.63. The molecule has 0 bridgehead atoms. The average molecular weight is 580 g/mol. The van der Waals surface area contributed by atoms with Gasteiger partial charge in [0.1, 0.15) is 16.9 Å². The van der Waals surface area contributed by atoms with E-state index in [-0.39, 0.29) is 12.1 Å². The maximum Gasteiger partial charge on any atom is 0.256 e. The van der Waals surface area contributed by atoms with Crippen molar-refractivity contribution < 1.29 is 9.53 Å². The van der Waals surface area contributed by atoms with Gasteiger partial charge < -0.3 is 15.4 Å². The number of rotatable bonds is 2. The first-order valence-electron chi connectivity index (χ1n) is 8.22. The molecule has 132 valence electrons. The summed E-state index contributed by atoms with van der Waals surface area (Å²) in [4.78, 5) is 14.2. The molecule has 0 saturated carbocycles. The summed E-state index contributed by atoms with van der Waals surface area (Å²) in [5.74, 6) is 1.54. The van der Waals surface area contributed by atoms with Crippen LogP contribution in [-0.4, -0.2) is 13.0 Å². The summed E-state index contributed by atoms with van der Waals surface area (Å²) < 4.78 is 7.77. The third-order valence-corrected chi connectivity index (χ3v) is 7.45. The summed E-state index contributed by atoms with van der Waals surface area (Å²) in [6.07, 6.45) is 2.98. The molecule has 1 amide bonds. The van der Waals surface area contributed by atoms with Crippen LogP contribution in [0.4, 0.5) is 5.00 Å². The van der Waals surface area contributed by atoms with Crippen LogP contribution in [0.5, 0.6) is 5.75 Å². The normalized spacial score (nSPS) is 21.8. The molecule has 2 aliphatic rings. The number of fused-ring (bicyclic) bond motifs is 3. The van der Waals surface area contributed by atoms with Crippen molar-refractivity contribution in [2.75, 3.05) is 12.4 Å². The Bertz CT molecular complexity index is 865. The van der Waals surface area contributed by atoms with E-state index in [4.69, 9.17) is 4.74 Å². The highest BCUT2D eigenvalue weighted by Crippen LogP contribution is 2.43. The van der Waals surface area contributed by atoms with E-state index in [1.807, 2.05) is 0 Å². The van der Waals surface area contributed by atoms with Crippen molar-refractivity contribution in [2.45, 2.75) is 32.4 Å². The Morgan fingerprint density at radius 2 is 2.08 bits per heavy atom. The highest BCUT2D eigenvalue weighted by Gasteiger charge is 2.34. The molecule has 1 aliphatic carbocycles. The second kappa shape index (κ2) is 6.88. The SMILES string of the molecule is COc1c(I)cc(I)cc1[C@@H]1NC(=O)c2c(sc3c2CC[C@@H](C)C3)N1. The van der Waals surface area contributed by atoms with Crippen LogP contribution in [0, 0.1) is 13.1 Å². The average Bonchev–Trinajstić information content (AvgIpc) is 2.91. The number of hydrogen-bond donors (Lipinski definition) is 2. The van der Waals surface area contributed by atoms with Crippen molar-refractivity contribution in [3.8, 4) is 5.75 Å². The van der Waals surface area contributed by atoms with E-state index in [1.165, 1.54) is 10.4 Å². The van der Waals surface area contributed by atoms with Crippen molar-refractivity contribution in [3.63, 3.8) is 0 Å². The number of carbonyl (C=O) groups excluding carboxylic acids is 1. The summed E-state index contributed by atoms with van der Waals surface area (Å²) in [6, 6.07) is 4.14. The summed E-state index contributed by atoms with van der Waals surface area (Å²) in [6.45, 7) is 2.29. The first-order valence-corrected chi connectivity index (χ1v) is 11.2. The molecule has 0 unspecified atom stereocenters. The van der Waals surface area contributed by atoms with Gasteiger partial charge in [-0.2, -0.15) is 0 Å². The number of ether oxygens (including phenoxy) is 1. The van der Waals surface area contributed by atoms with E-state index < -0.39 is 0 Å². The minimum Gasteiger partial charge on any atom is -0.495 e. The highest BCUT2D eigenvalue weighted by atomic mass is 127. The molecule has 1 aromatic carbocycles. The number of thiophene rings is 1. The first-order chi connectivity index (χ1) is 12.0. The third kappa shape index (κ3) is 3.16. The van der Waals surface area contributed by atoms with Gasteiger partial charge in [-0.05, 0) is 88.1 Å². The van der Waals surface area contributed by atoms with E-state index >= 15 is 0 Å². The van der Waals surface area contributed by atoms with E-state index in [9.17, 15) is 4.79 Å². The highest BCUT2D eigenvalue weighted by molar-refractivity contribution is 14.1. The molecule has 0 spiro atoms. The molecular formula is C18H18I2N2O2S. The van der Waals surface area contributed by atoms with Gasteiger partial charge in [-0.3, -0.25) is 4.79 Å². The number of benzene rings is 1. The number of hydrogen-bond acceptors (Lipinski definition) is 4. The standard InChI is InChI=1S/C18H18I2N2O2S/c1-8-3-4-10-13(5-8)25-18-14(10)17(23)21-16(22-18)11-6-9(19)7-12(20)15(11)24-2/h6-8,16,22H,3-5H2,1-2H3,(H,21,23)/t8-,16-/m1/s1. The Hall–Kier alpha value is -0.550. The Morgan fingerprint density at radius 1 is 1.28 bits per heavy atom. The van der Waals surface area contributed by atoms with Crippen LogP contribution >= 0.6 is 56.5 Å². The second-order valence-corrected chi connectivity index (χ2v) is 10.1. The summed E-state index contributed by atoms with van der Waals surface area (Å²) >= 11 is 6.33.